The fraction of sp³-hybridized carbons (Fsp3) is 0.286. The number of rotatable bonds is 4. The molecule has 2 aliphatic rings. The van der Waals surface area contributed by atoms with Gasteiger partial charge in [-0.05, 0) is 49.2 Å². The summed E-state index contributed by atoms with van der Waals surface area (Å²) in [5.74, 6) is -2.24. The van der Waals surface area contributed by atoms with E-state index in [1.807, 2.05) is 0 Å². The molecule has 8 nitrogen and oxygen atoms in total. The summed E-state index contributed by atoms with van der Waals surface area (Å²) in [7, 11) is -2.46. The fourth-order valence-corrected chi connectivity index (χ4v) is 5.57. The summed E-state index contributed by atoms with van der Waals surface area (Å²) in [4.78, 5) is 37.7. The minimum Gasteiger partial charge on any atom is -0.326 e. The van der Waals surface area contributed by atoms with E-state index in [0.717, 1.165) is 23.1 Å². The van der Waals surface area contributed by atoms with Crippen LogP contribution in [0, 0.1) is 11.7 Å². The number of carbonyl (C=O) groups excluding carboxylic acids is 3. The van der Waals surface area contributed by atoms with Gasteiger partial charge in [0.25, 0.3) is 11.8 Å². The molecule has 1 saturated heterocycles. The number of hydrogen-bond donors (Lipinski definition) is 1. The van der Waals surface area contributed by atoms with E-state index in [1.54, 1.807) is 6.07 Å². The number of piperidine rings is 1. The van der Waals surface area contributed by atoms with Gasteiger partial charge >= 0.3 is 0 Å². The number of nitrogens with one attached hydrogen (secondary N) is 1. The first-order valence-electron chi connectivity index (χ1n) is 9.82. The summed E-state index contributed by atoms with van der Waals surface area (Å²) in [6.45, 7) is 0.245. The molecule has 0 spiro atoms. The minimum atomic E-state index is -3.86. The molecule has 1 N–H and O–H groups in total. The van der Waals surface area contributed by atoms with Crippen LogP contribution in [0.3, 0.4) is 0 Å². The number of sulfonamides is 1. The van der Waals surface area contributed by atoms with Crippen LogP contribution in [0.4, 0.5) is 10.1 Å². The van der Waals surface area contributed by atoms with Crippen molar-refractivity contribution in [2.45, 2.75) is 17.7 Å². The average molecular weight is 480 g/mol. The van der Waals surface area contributed by atoms with Gasteiger partial charge in [0.2, 0.25) is 15.9 Å². The molecule has 3 amide bonds. The first-order valence-corrected chi connectivity index (χ1v) is 11.6. The molecule has 32 heavy (non-hydrogen) atoms. The third-order valence-corrected chi connectivity index (χ3v) is 7.90. The zero-order chi connectivity index (χ0) is 23.2. The van der Waals surface area contributed by atoms with Crippen LogP contribution in [-0.4, -0.2) is 55.5 Å². The lowest BCUT2D eigenvalue weighted by molar-refractivity contribution is -0.120. The molecule has 0 unspecified atom stereocenters. The van der Waals surface area contributed by atoms with Crippen LogP contribution in [0.1, 0.15) is 33.6 Å². The summed E-state index contributed by atoms with van der Waals surface area (Å²) < 4.78 is 40.2. The molecule has 0 saturated carbocycles. The maximum Gasteiger partial charge on any atom is 0.261 e. The molecule has 0 aliphatic carbocycles. The molecule has 11 heteroatoms. The van der Waals surface area contributed by atoms with Crippen molar-refractivity contribution in [1.82, 2.24) is 9.21 Å². The van der Waals surface area contributed by atoms with E-state index >= 15 is 0 Å². The highest BCUT2D eigenvalue weighted by molar-refractivity contribution is 7.89. The van der Waals surface area contributed by atoms with E-state index in [4.69, 9.17) is 11.6 Å². The van der Waals surface area contributed by atoms with Gasteiger partial charge in [0.15, 0.2) is 0 Å². The zero-order valence-electron chi connectivity index (χ0n) is 17.0. The Hall–Kier alpha value is -2.82. The number of fused-ring (bicyclic) bond motifs is 1. The normalized spacial score (nSPS) is 17.5. The van der Waals surface area contributed by atoms with Gasteiger partial charge in [-0.15, -0.1) is 0 Å². The van der Waals surface area contributed by atoms with Crippen LogP contribution in [0.5, 0.6) is 0 Å². The van der Waals surface area contributed by atoms with Gasteiger partial charge in [-0.2, -0.15) is 4.31 Å². The molecule has 2 aromatic carbocycles. The molecule has 2 aromatic rings. The van der Waals surface area contributed by atoms with Gasteiger partial charge in [-0.25, -0.2) is 12.8 Å². The highest BCUT2D eigenvalue weighted by Gasteiger charge is 2.34. The van der Waals surface area contributed by atoms with Crippen LogP contribution in [0.2, 0.25) is 5.02 Å². The molecule has 0 aromatic heterocycles. The summed E-state index contributed by atoms with van der Waals surface area (Å²) in [6, 6.07) is 7.75. The molecule has 168 valence electrons. The predicted molar refractivity (Wildman–Crippen MR) is 114 cm³/mol. The average Bonchev–Trinajstić information content (AvgIpc) is 2.99. The SMILES string of the molecule is CN1C(=O)c2ccc(NC(=O)C3CCN(S(=O)(=O)c4ccc(F)c(Cl)c4)CC3)cc2C1=O. The molecule has 1 fully saturated rings. The van der Waals surface area contributed by atoms with Crippen molar-refractivity contribution in [2.24, 2.45) is 5.92 Å². The number of nitrogens with zero attached hydrogens (tertiary/aromatic N) is 2. The van der Waals surface area contributed by atoms with Crippen LogP contribution in [0.15, 0.2) is 41.3 Å². The molecule has 0 radical (unpaired) electrons. The van der Waals surface area contributed by atoms with E-state index in [0.29, 0.717) is 18.5 Å². The van der Waals surface area contributed by atoms with Crippen molar-refractivity contribution >= 4 is 45.0 Å². The maximum absolute atomic E-state index is 13.4. The van der Waals surface area contributed by atoms with Gasteiger partial charge in [0, 0.05) is 31.7 Å². The van der Waals surface area contributed by atoms with E-state index in [-0.39, 0.29) is 45.9 Å². The van der Waals surface area contributed by atoms with Gasteiger partial charge < -0.3 is 5.32 Å². The molecular formula is C21H19ClFN3O5S. The summed E-state index contributed by atoms with van der Waals surface area (Å²) in [5, 5.41) is 2.47. The van der Waals surface area contributed by atoms with Crippen molar-refractivity contribution < 1.29 is 27.2 Å². The number of anilines is 1. The highest BCUT2D eigenvalue weighted by Crippen LogP contribution is 2.28. The molecule has 2 aliphatic heterocycles. The Morgan fingerprint density at radius 3 is 2.38 bits per heavy atom. The van der Waals surface area contributed by atoms with Gasteiger partial charge in [-0.1, -0.05) is 11.6 Å². The quantitative estimate of drug-likeness (QED) is 0.679. The number of hydrogen-bond acceptors (Lipinski definition) is 5. The largest absolute Gasteiger partial charge is 0.326 e. The van der Waals surface area contributed by atoms with E-state index in [1.165, 1.54) is 23.5 Å². The highest BCUT2D eigenvalue weighted by atomic mass is 35.5. The van der Waals surface area contributed by atoms with Crippen molar-refractivity contribution in [3.05, 3.63) is 58.4 Å². The number of benzene rings is 2. The summed E-state index contributed by atoms with van der Waals surface area (Å²) in [5.41, 5.74) is 0.908. The lowest BCUT2D eigenvalue weighted by Gasteiger charge is -2.30. The Balaban J connectivity index is 1.41. The molecule has 0 atom stereocenters. The smallest absolute Gasteiger partial charge is 0.261 e. The Labute approximate surface area is 189 Å². The number of carbonyl (C=O) groups is 3. The second kappa shape index (κ2) is 8.27. The number of amides is 3. The monoisotopic (exact) mass is 479 g/mol. The Kier molecular flexibility index (Phi) is 5.78. The first kappa shape index (κ1) is 22.4. The molecule has 2 heterocycles. The molecular weight excluding hydrogens is 461 g/mol. The lowest BCUT2D eigenvalue weighted by Crippen LogP contribution is -2.41. The third kappa shape index (κ3) is 3.89. The Morgan fingerprint density at radius 2 is 1.72 bits per heavy atom. The van der Waals surface area contributed by atoms with Crippen LogP contribution in [-0.2, 0) is 14.8 Å². The predicted octanol–water partition coefficient (Wildman–Crippen LogP) is 2.74. The van der Waals surface area contributed by atoms with Crippen molar-refractivity contribution in [3.8, 4) is 0 Å². The molecule has 0 bridgehead atoms. The van der Waals surface area contributed by atoms with E-state index in [2.05, 4.69) is 5.32 Å². The van der Waals surface area contributed by atoms with Crippen LogP contribution < -0.4 is 5.32 Å². The maximum atomic E-state index is 13.4. The Bertz CT molecular complexity index is 1240. The lowest BCUT2D eigenvalue weighted by atomic mass is 9.97. The Morgan fingerprint density at radius 1 is 1.06 bits per heavy atom. The number of imide groups is 1. The topological polar surface area (TPSA) is 104 Å². The summed E-state index contributed by atoms with van der Waals surface area (Å²) >= 11 is 5.71. The van der Waals surface area contributed by atoms with Gasteiger partial charge in [0.05, 0.1) is 21.0 Å². The second-order valence-electron chi connectivity index (χ2n) is 7.67. The molecule has 4 rings (SSSR count). The van der Waals surface area contributed by atoms with Gasteiger partial charge in [0.1, 0.15) is 5.82 Å². The van der Waals surface area contributed by atoms with Crippen molar-refractivity contribution in [1.29, 1.82) is 0 Å². The van der Waals surface area contributed by atoms with Crippen molar-refractivity contribution in [3.63, 3.8) is 0 Å². The number of halogens is 2. The second-order valence-corrected chi connectivity index (χ2v) is 10.0. The zero-order valence-corrected chi connectivity index (χ0v) is 18.5. The van der Waals surface area contributed by atoms with Crippen molar-refractivity contribution in [2.75, 3.05) is 25.5 Å². The van der Waals surface area contributed by atoms with Crippen LogP contribution >= 0.6 is 11.6 Å². The van der Waals surface area contributed by atoms with Crippen LogP contribution in [0.25, 0.3) is 0 Å². The van der Waals surface area contributed by atoms with E-state index < -0.39 is 27.7 Å². The first-order chi connectivity index (χ1) is 15.1. The van der Waals surface area contributed by atoms with E-state index in [9.17, 15) is 27.2 Å². The minimum absolute atomic E-state index is 0.103. The summed E-state index contributed by atoms with van der Waals surface area (Å²) in [6.07, 6.45) is 0.593. The third-order valence-electron chi connectivity index (χ3n) is 5.71. The fourth-order valence-electron chi connectivity index (χ4n) is 3.83. The van der Waals surface area contributed by atoms with Gasteiger partial charge in [-0.3, -0.25) is 19.3 Å². The standard InChI is InChI=1S/C21H19ClFN3O5S/c1-25-20(28)15-4-2-13(10-16(15)21(25)29)24-19(27)12-6-8-26(9-7-12)32(30,31)14-3-5-18(23)17(22)11-14/h2-5,10-12H,6-9H2,1H3,(H,24,27).